The van der Waals surface area contributed by atoms with Gasteiger partial charge in [0.15, 0.2) is 0 Å². The number of hydrogen-bond donors (Lipinski definition) is 1. The Labute approximate surface area is 127 Å². The smallest absolute Gasteiger partial charge is 0.317 e. The zero-order chi connectivity index (χ0) is 15.1. The van der Waals surface area contributed by atoms with Gasteiger partial charge in [0.2, 0.25) is 5.91 Å². The summed E-state index contributed by atoms with van der Waals surface area (Å²) in [5.74, 6) is -1.01. The zero-order valence-corrected chi connectivity index (χ0v) is 13.2. The number of rotatable bonds is 8. The van der Waals surface area contributed by atoms with Gasteiger partial charge in [0.1, 0.15) is 0 Å². The van der Waals surface area contributed by atoms with Crippen molar-refractivity contribution in [3.8, 4) is 0 Å². The molecule has 0 aliphatic carbocycles. The highest BCUT2D eigenvalue weighted by molar-refractivity contribution is 7.16. The summed E-state index contributed by atoms with van der Waals surface area (Å²) in [6.07, 6.45) is 0.810. The summed E-state index contributed by atoms with van der Waals surface area (Å²) >= 11 is 7.28. The molecule has 1 aromatic rings. The number of likely N-dealkylation sites (N-methyl/N-ethyl adjacent to an activating group) is 1. The number of carboxylic acids is 1. The van der Waals surface area contributed by atoms with Crippen LogP contribution in [0.1, 0.15) is 18.2 Å². The first-order chi connectivity index (χ1) is 9.42. The SMILES string of the molecule is CCCN(CC(=O)O)CC(=O)N(C)Cc1ccc(Cl)s1. The van der Waals surface area contributed by atoms with Crippen molar-refractivity contribution in [2.45, 2.75) is 19.9 Å². The van der Waals surface area contributed by atoms with Crippen molar-refractivity contribution in [1.82, 2.24) is 9.80 Å². The highest BCUT2D eigenvalue weighted by atomic mass is 35.5. The van der Waals surface area contributed by atoms with Crippen LogP contribution in [0.15, 0.2) is 12.1 Å². The third-order valence-electron chi connectivity index (χ3n) is 2.71. The van der Waals surface area contributed by atoms with E-state index in [9.17, 15) is 9.59 Å². The second-order valence-electron chi connectivity index (χ2n) is 4.56. The van der Waals surface area contributed by atoms with E-state index in [1.54, 1.807) is 22.9 Å². The van der Waals surface area contributed by atoms with E-state index in [1.165, 1.54) is 11.3 Å². The minimum absolute atomic E-state index is 0.0933. The van der Waals surface area contributed by atoms with E-state index in [1.807, 2.05) is 13.0 Å². The van der Waals surface area contributed by atoms with Gasteiger partial charge >= 0.3 is 5.97 Å². The van der Waals surface area contributed by atoms with Crippen LogP contribution in [0.25, 0.3) is 0 Å². The number of aliphatic carboxylic acids is 1. The van der Waals surface area contributed by atoms with Crippen molar-refractivity contribution < 1.29 is 14.7 Å². The summed E-state index contributed by atoms with van der Waals surface area (Å²) in [7, 11) is 1.71. The van der Waals surface area contributed by atoms with E-state index in [4.69, 9.17) is 16.7 Å². The van der Waals surface area contributed by atoms with Gasteiger partial charge in [-0.15, -0.1) is 11.3 Å². The molecule has 1 N–H and O–H groups in total. The molecule has 0 saturated carbocycles. The van der Waals surface area contributed by atoms with Crippen LogP contribution < -0.4 is 0 Å². The molecule has 1 amide bonds. The number of carboxylic acid groups (broad SMARTS) is 1. The molecule has 0 aliphatic heterocycles. The molecule has 7 heteroatoms. The number of thiophene rings is 1. The number of carbonyl (C=O) groups excluding carboxylic acids is 1. The Morgan fingerprint density at radius 3 is 2.55 bits per heavy atom. The Morgan fingerprint density at radius 2 is 2.05 bits per heavy atom. The second-order valence-corrected chi connectivity index (χ2v) is 6.36. The fourth-order valence-electron chi connectivity index (χ4n) is 1.79. The van der Waals surface area contributed by atoms with Crippen LogP contribution >= 0.6 is 22.9 Å². The fraction of sp³-hybridized carbons (Fsp3) is 0.538. The van der Waals surface area contributed by atoms with Gasteiger partial charge in [0, 0.05) is 11.9 Å². The number of halogens is 1. The van der Waals surface area contributed by atoms with Gasteiger partial charge in [-0.2, -0.15) is 0 Å². The molecule has 0 aromatic carbocycles. The molecule has 0 fully saturated rings. The van der Waals surface area contributed by atoms with Crippen LogP contribution in [0.4, 0.5) is 0 Å². The van der Waals surface area contributed by atoms with Crippen molar-refractivity contribution in [1.29, 1.82) is 0 Å². The molecule has 0 radical (unpaired) electrons. The van der Waals surface area contributed by atoms with Gasteiger partial charge < -0.3 is 10.0 Å². The summed E-state index contributed by atoms with van der Waals surface area (Å²) < 4.78 is 0.694. The van der Waals surface area contributed by atoms with Gasteiger partial charge in [-0.05, 0) is 25.1 Å². The lowest BCUT2D eigenvalue weighted by Crippen LogP contribution is -2.40. The number of nitrogens with zero attached hydrogens (tertiary/aromatic N) is 2. The third-order valence-corrected chi connectivity index (χ3v) is 3.92. The zero-order valence-electron chi connectivity index (χ0n) is 11.6. The molecule has 0 bridgehead atoms. The summed E-state index contributed by atoms with van der Waals surface area (Å²) in [6.45, 7) is 3.05. The molecule has 0 saturated heterocycles. The highest BCUT2D eigenvalue weighted by Gasteiger charge is 2.16. The van der Waals surface area contributed by atoms with Gasteiger partial charge in [-0.25, -0.2) is 0 Å². The summed E-state index contributed by atoms with van der Waals surface area (Å²) in [6, 6.07) is 3.69. The van der Waals surface area contributed by atoms with E-state index in [2.05, 4.69) is 0 Å². The van der Waals surface area contributed by atoms with Crippen LogP contribution in [0.2, 0.25) is 4.34 Å². The van der Waals surface area contributed by atoms with Crippen LogP contribution in [-0.2, 0) is 16.1 Å². The average Bonchev–Trinajstić information content (AvgIpc) is 2.74. The van der Waals surface area contributed by atoms with Crippen LogP contribution in [0.3, 0.4) is 0 Å². The predicted octanol–water partition coefficient (Wildman–Crippen LogP) is 2.16. The Hall–Kier alpha value is -1.11. The quantitative estimate of drug-likeness (QED) is 0.798. The first kappa shape index (κ1) is 16.9. The molecule has 0 spiro atoms. The van der Waals surface area contributed by atoms with E-state index < -0.39 is 5.97 Å². The van der Waals surface area contributed by atoms with Gasteiger partial charge in [0.25, 0.3) is 0 Å². The highest BCUT2D eigenvalue weighted by Crippen LogP contribution is 2.22. The molecule has 1 heterocycles. The first-order valence-corrected chi connectivity index (χ1v) is 7.54. The molecular formula is C13H19ClN2O3S. The van der Waals surface area contributed by atoms with Crippen molar-refractivity contribution in [2.24, 2.45) is 0 Å². The maximum atomic E-state index is 12.1. The van der Waals surface area contributed by atoms with E-state index in [0.717, 1.165) is 11.3 Å². The van der Waals surface area contributed by atoms with Gasteiger partial charge in [0.05, 0.1) is 24.0 Å². The second kappa shape index (κ2) is 8.24. The van der Waals surface area contributed by atoms with Gasteiger partial charge in [-0.3, -0.25) is 14.5 Å². The van der Waals surface area contributed by atoms with Crippen molar-refractivity contribution >= 4 is 34.8 Å². The lowest BCUT2D eigenvalue weighted by molar-refractivity contribution is -0.139. The Balaban J connectivity index is 2.52. The molecular weight excluding hydrogens is 300 g/mol. The molecule has 0 aliphatic rings. The first-order valence-electron chi connectivity index (χ1n) is 6.34. The summed E-state index contributed by atoms with van der Waals surface area (Å²) in [4.78, 5) is 27.1. The topological polar surface area (TPSA) is 60.9 Å². The van der Waals surface area contributed by atoms with Crippen molar-refractivity contribution in [3.63, 3.8) is 0 Å². The Bertz CT molecular complexity index is 464. The average molecular weight is 319 g/mol. The summed E-state index contributed by atoms with van der Waals surface area (Å²) in [5.41, 5.74) is 0. The Kier molecular flexibility index (Phi) is 6.98. The number of hydrogen-bond acceptors (Lipinski definition) is 4. The van der Waals surface area contributed by atoms with E-state index in [-0.39, 0.29) is 19.0 Å². The molecule has 0 atom stereocenters. The van der Waals surface area contributed by atoms with Crippen molar-refractivity contribution in [3.05, 3.63) is 21.3 Å². The lowest BCUT2D eigenvalue weighted by atomic mass is 10.3. The number of carbonyl (C=O) groups is 2. The maximum absolute atomic E-state index is 12.1. The fourth-order valence-corrected chi connectivity index (χ4v) is 2.93. The minimum Gasteiger partial charge on any atom is -0.480 e. The maximum Gasteiger partial charge on any atom is 0.317 e. The third kappa shape index (κ3) is 5.90. The summed E-state index contributed by atoms with van der Waals surface area (Å²) in [5, 5.41) is 8.82. The van der Waals surface area contributed by atoms with Crippen LogP contribution in [0.5, 0.6) is 0 Å². The van der Waals surface area contributed by atoms with E-state index in [0.29, 0.717) is 17.4 Å². The molecule has 1 aromatic heterocycles. The van der Waals surface area contributed by atoms with Gasteiger partial charge in [-0.1, -0.05) is 18.5 Å². The number of amides is 1. The monoisotopic (exact) mass is 318 g/mol. The Morgan fingerprint density at radius 1 is 1.35 bits per heavy atom. The van der Waals surface area contributed by atoms with E-state index >= 15 is 0 Å². The normalized spacial score (nSPS) is 10.8. The van der Waals surface area contributed by atoms with Crippen LogP contribution in [0, 0.1) is 0 Å². The van der Waals surface area contributed by atoms with Crippen LogP contribution in [-0.4, -0.2) is 53.5 Å². The predicted molar refractivity (Wildman–Crippen MR) is 80.2 cm³/mol. The molecule has 5 nitrogen and oxygen atoms in total. The molecule has 20 heavy (non-hydrogen) atoms. The molecule has 0 unspecified atom stereocenters. The van der Waals surface area contributed by atoms with Crippen molar-refractivity contribution in [2.75, 3.05) is 26.7 Å². The molecule has 112 valence electrons. The largest absolute Gasteiger partial charge is 0.480 e. The standard InChI is InChI=1S/C13H19ClN2O3S/c1-3-6-16(9-13(18)19)8-12(17)15(2)7-10-4-5-11(14)20-10/h4-5H,3,6-9H2,1-2H3,(H,18,19). The minimum atomic E-state index is -0.918. The molecule has 1 rings (SSSR count). The lowest BCUT2D eigenvalue weighted by Gasteiger charge is -2.23.